The molecule has 100 valence electrons. The van der Waals surface area contributed by atoms with Gasteiger partial charge in [-0.25, -0.2) is 4.39 Å². The minimum Gasteiger partial charge on any atom is -0.307 e. The molecule has 0 aliphatic heterocycles. The minimum absolute atomic E-state index is 0.0318. The molecule has 3 heteroatoms. The second-order valence-electron chi connectivity index (χ2n) is 4.54. The molecule has 0 aromatic heterocycles. The summed E-state index contributed by atoms with van der Waals surface area (Å²) in [7, 11) is 0. The van der Waals surface area contributed by atoms with Crippen LogP contribution in [0.4, 0.5) is 4.39 Å². The Labute approximate surface area is 118 Å². The van der Waals surface area contributed by atoms with Gasteiger partial charge in [0.05, 0.1) is 6.04 Å². The Hall–Kier alpha value is -1.38. The minimum atomic E-state index is -0.221. The van der Waals surface area contributed by atoms with Gasteiger partial charge in [0.2, 0.25) is 0 Å². The molecule has 2 aromatic carbocycles. The van der Waals surface area contributed by atoms with E-state index >= 15 is 0 Å². The lowest BCUT2D eigenvalue weighted by Crippen LogP contribution is -2.22. The monoisotopic (exact) mass is 277 g/mol. The maximum absolute atomic E-state index is 13.0. The zero-order valence-corrected chi connectivity index (χ0v) is 11.8. The highest BCUT2D eigenvalue weighted by molar-refractivity contribution is 6.30. The lowest BCUT2D eigenvalue weighted by Gasteiger charge is -2.21. The predicted octanol–water partition coefficient (Wildman–Crippen LogP) is 4.49. The largest absolute Gasteiger partial charge is 0.307 e. The van der Waals surface area contributed by atoms with E-state index in [9.17, 15) is 4.39 Å². The van der Waals surface area contributed by atoms with Gasteiger partial charge in [0.1, 0.15) is 5.82 Å². The summed E-state index contributed by atoms with van der Waals surface area (Å²) in [5.41, 5.74) is 3.33. The molecule has 0 aliphatic carbocycles. The Morgan fingerprint density at radius 1 is 1.16 bits per heavy atom. The van der Waals surface area contributed by atoms with Gasteiger partial charge in [0, 0.05) is 5.02 Å². The number of halogens is 2. The van der Waals surface area contributed by atoms with Crippen LogP contribution in [-0.2, 0) is 0 Å². The van der Waals surface area contributed by atoms with Crippen molar-refractivity contribution in [2.75, 3.05) is 6.54 Å². The van der Waals surface area contributed by atoms with E-state index in [-0.39, 0.29) is 11.9 Å². The maximum atomic E-state index is 13.0. The zero-order valence-electron chi connectivity index (χ0n) is 11.1. The van der Waals surface area contributed by atoms with Crippen LogP contribution in [0.5, 0.6) is 0 Å². The fourth-order valence-corrected chi connectivity index (χ4v) is 2.37. The number of benzene rings is 2. The molecule has 0 amide bonds. The van der Waals surface area contributed by atoms with Crippen LogP contribution in [-0.4, -0.2) is 6.54 Å². The molecule has 0 spiro atoms. The summed E-state index contributed by atoms with van der Waals surface area (Å²) >= 11 is 6.09. The van der Waals surface area contributed by atoms with Crippen molar-refractivity contribution in [2.24, 2.45) is 0 Å². The van der Waals surface area contributed by atoms with E-state index in [0.29, 0.717) is 5.02 Å². The molecule has 19 heavy (non-hydrogen) atoms. The smallest absolute Gasteiger partial charge is 0.123 e. The van der Waals surface area contributed by atoms with Crippen LogP contribution in [0.15, 0.2) is 42.5 Å². The predicted molar refractivity (Wildman–Crippen MR) is 78.1 cm³/mol. The summed E-state index contributed by atoms with van der Waals surface area (Å²) in [4.78, 5) is 0. The first-order chi connectivity index (χ1) is 9.11. The zero-order chi connectivity index (χ0) is 13.8. The van der Waals surface area contributed by atoms with Gasteiger partial charge in [-0.15, -0.1) is 0 Å². The van der Waals surface area contributed by atoms with Crippen LogP contribution in [0.1, 0.15) is 29.7 Å². The van der Waals surface area contributed by atoms with E-state index in [1.807, 2.05) is 30.3 Å². The lowest BCUT2D eigenvalue weighted by molar-refractivity contribution is 0.612. The van der Waals surface area contributed by atoms with Crippen LogP contribution < -0.4 is 5.32 Å². The van der Waals surface area contributed by atoms with E-state index in [0.717, 1.165) is 17.7 Å². The Balaban J connectivity index is 2.44. The van der Waals surface area contributed by atoms with Crippen LogP contribution in [0, 0.1) is 12.7 Å². The van der Waals surface area contributed by atoms with E-state index in [4.69, 9.17) is 11.6 Å². The van der Waals surface area contributed by atoms with Crippen LogP contribution in [0.2, 0.25) is 5.02 Å². The number of nitrogens with one attached hydrogen (secondary N) is 1. The summed E-state index contributed by atoms with van der Waals surface area (Å²) in [6, 6.07) is 12.5. The van der Waals surface area contributed by atoms with Gasteiger partial charge < -0.3 is 5.32 Å². The lowest BCUT2D eigenvalue weighted by atomic mass is 9.95. The molecule has 0 bridgehead atoms. The molecule has 0 fully saturated rings. The SMILES string of the molecule is CCNC(c1ccc(F)cc1)c1cc(Cl)ccc1C. The molecule has 0 saturated heterocycles. The summed E-state index contributed by atoms with van der Waals surface area (Å²) in [6.07, 6.45) is 0. The molecule has 1 unspecified atom stereocenters. The molecule has 0 aliphatic rings. The van der Waals surface area contributed by atoms with E-state index in [2.05, 4.69) is 19.2 Å². The topological polar surface area (TPSA) is 12.0 Å². The molecule has 0 radical (unpaired) electrons. The van der Waals surface area contributed by atoms with Gasteiger partial charge in [-0.2, -0.15) is 0 Å². The third-order valence-electron chi connectivity index (χ3n) is 3.16. The van der Waals surface area contributed by atoms with Crippen molar-refractivity contribution in [2.45, 2.75) is 19.9 Å². The molecule has 0 saturated carbocycles. The Morgan fingerprint density at radius 3 is 2.47 bits per heavy atom. The molecule has 2 aromatic rings. The average Bonchev–Trinajstić information content (AvgIpc) is 2.40. The van der Waals surface area contributed by atoms with Crippen molar-refractivity contribution < 1.29 is 4.39 Å². The Bertz CT molecular complexity index is 551. The van der Waals surface area contributed by atoms with Crippen molar-refractivity contribution in [3.63, 3.8) is 0 Å². The van der Waals surface area contributed by atoms with E-state index in [1.54, 1.807) is 0 Å². The number of hydrogen-bond acceptors (Lipinski definition) is 1. The number of aryl methyl sites for hydroxylation is 1. The van der Waals surface area contributed by atoms with E-state index < -0.39 is 0 Å². The highest BCUT2D eigenvalue weighted by Crippen LogP contribution is 2.27. The summed E-state index contributed by atoms with van der Waals surface area (Å²) < 4.78 is 13.0. The first-order valence-corrected chi connectivity index (χ1v) is 6.74. The number of hydrogen-bond donors (Lipinski definition) is 1. The standard InChI is InChI=1S/C16H17ClFN/c1-3-19-16(12-5-8-14(18)9-6-12)15-10-13(17)7-4-11(15)2/h4-10,16,19H,3H2,1-2H3. The normalized spacial score (nSPS) is 12.4. The quantitative estimate of drug-likeness (QED) is 0.868. The molecular weight excluding hydrogens is 261 g/mol. The Morgan fingerprint density at radius 2 is 1.84 bits per heavy atom. The number of rotatable bonds is 4. The van der Waals surface area contributed by atoms with Gasteiger partial charge in [0.15, 0.2) is 0 Å². The van der Waals surface area contributed by atoms with Crippen molar-refractivity contribution in [1.82, 2.24) is 5.32 Å². The summed E-state index contributed by atoms with van der Waals surface area (Å²) in [6.45, 7) is 4.93. The maximum Gasteiger partial charge on any atom is 0.123 e. The third kappa shape index (κ3) is 3.34. The molecule has 1 nitrogen and oxygen atoms in total. The van der Waals surface area contributed by atoms with Gasteiger partial charge in [-0.3, -0.25) is 0 Å². The first kappa shape index (κ1) is 14.0. The van der Waals surface area contributed by atoms with E-state index in [1.165, 1.54) is 17.7 Å². The Kier molecular flexibility index (Phi) is 4.56. The highest BCUT2D eigenvalue weighted by atomic mass is 35.5. The summed E-state index contributed by atoms with van der Waals surface area (Å²) in [5.74, 6) is -0.221. The van der Waals surface area contributed by atoms with Crippen molar-refractivity contribution in [3.05, 3.63) is 70.0 Å². The van der Waals surface area contributed by atoms with Crippen molar-refractivity contribution in [3.8, 4) is 0 Å². The third-order valence-corrected chi connectivity index (χ3v) is 3.40. The fourth-order valence-electron chi connectivity index (χ4n) is 2.19. The van der Waals surface area contributed by atoms with Gasteiger partial charge in [0.25, 0.3) is 0 Å². The fraction of sp³-hybridized carbons (Fsp3) is 0.250. The molecule has 0 heterocycles. The van der Waals surface area contributed by atoms with Crippen molar-refractivity contribution in [1.29, 1.82) is 0 Å². The summed E-state index contributed by atoms with van der Waals surface area (Å²) in [5, 5.41) is 4.14. The second kappa shape index (κ2) is 6.18. The van der Waals surface area contributed by atoms with Crippen molar-refractivity contribution >= 4 is 11.6 Å². The highest BCUT2D eigenvalue weighted by Gasteiger charge is 2.15. The van der Waals surface area contributed by atoms with Gasteiger partial charge in [-0.05, 0) is 54.4 Å². The van der Waals surface area contributed by atoms with Crippen LogP contribution in [0.25, 0.3) is 0 Å². The first-order valence-electron chi connectivity index (χ1n) is 6.36. The molecule has 1 atom stereocenters. The molecule has 2 rings (SSSR count). The van der Waals surface area contributed by atoms with Crippen LogP contribution in [0.3, 0.4) is 0 Å². The van der Waals surface area contributed by atoms with Gasteiger partial charge >= 0.3 is 0 Å². The second-order valence-corrected chi connectivity index (χ2v) is 4.98. The average molecular weight is 278 g/mol. The molecule has 1 N–H and O–H groups in total. The molecular formula is C16H17ClFN. The van der Waals surface area contributed by atoms with Crippen LogP contribution >= 0.6 is 11.6 Å². The van der Waals surface area contributed by atoms with Gasteiger partial charge in [-0.1, -0.05) is 36.7 Å².